The molecule has 6 nitrogen and oxygen atoms in total. The summed E-state index contributed by atoms with van der Waals surface area (Å²) in [6, 6.07) is 6.28. The number of hydrogen-bond donors (Lipinski definition) is 2. The molecule has 0 saturated carbocycles. The van der Waals surface area contributed by atoms with Gasteiger partial charge >= 0.3 is 0 Å². The molecule has 0 bridgehead atoms. The van der Waals surface area contributed by atoms with E-state index in [1.54, 1.807) is 12.1 Å². The number of nitrogens with zero attached hydrogens (tertiary/aromatic N) is 3. The lowest BCUT2D eigenvalue weighted by molar-refractivity contribution is -0.120. The highest BCUT2D eigenvalue weighted by molar-refractivity contribution is 5.96. The lowest BCUT2D eigenvalue weighted by Gasteiger charge is -2.23. The number of imidazole rings is 1. The van der Waals surface area contributed by atoms with Crippen molar-refractivity contribution in [1.29, 1.82) is 0 Å². The molecule has 1 unspecified atom stereocenters. The number of aromatic nitrogens is 4. The Balaban J connectivity index is 1.56. The van der Waals surface area contributed by atoms with Crippen LogP contribution in [0.15, 0.2) is 30.5 Å². The number of hydrogen-bond acceptors (Lipinski definition) is 3. The third-order valence-electron chi connectivity index (χ3n) is 4.97. The molecule has 1 amide bonds. The average molecular weight is 353 g/mol. The molecule has 3 heterocycles. The van der Waals surface area contributed by atoms with Crippen molar-refractivity contribution in [3.8, 4) is 11.1 Å². The fraction of sp³-hybridized carbons (Fsp3) is 0.316. The van der Waals surface area contributed by atoms with Crippen LogP contribution < -0.4 is 5.32 Å². The molecule has 0 fully saturated rings. The quantitative estimate of drug-likeness (QED) is 0.759. The minimum absolute atomic E-state index is 0.0701. The topological polar surface area (TPSA) is 75.6 Å². The van der Waals surface area contributed by atoms with E-state index in [1.807, 2.05) is 20.0 Å². The number of aryl methyl sites for hydroxylation is 2. The van der Waals surface area contributed by atoms with E-state index in [-0.39, 0.29) is 17.6 Å². The van der Waals surface area contributed by atoms with Crippen LogP contribution in [0, 0.1) is 25.6 Å². The third-order valence-corrected chi connectivity index (χ3v) is 4.97. The van der Waals surface area contributed by atoms with E-state index in [9.17, 15) is 9.18 Å². The van der Waals surface area contributed by atoms with Crippen molar-refractivity contribution in [2.75, 3.05) is 5.32 Å². The fourth-order valence-electron chi connectivity index (χ4n) is 3.58. The predicted molar refractivity (Wildman–Crippen MR) is 96.1 cm³/mol. The van der Waals surface area contributed by atoms with E-state index in [0.717, 1.165) is 35.7 Å². The smallest absolute Gasteiger partial charge is 0.229 e. The molecule has 0 saturated heterocycles. The van der Waals surface area contributed by atoms with Gasteiger partial charge in [0, 0.05) is 42.0 Å². The molecule has 134 valence electrons. The number of carbonyl (C=O) groups excluding carboxylic acids is 1. The van der Waals surface area contributed by atoms with Crippen molar-refractivity contribution in [3.63, 3.8) is 0 Å². The molecular weight excluding hydrogens is 333 g/mol. The van der Waals surface area contributed by atoms with E-state index >= 15 is 0 Å². The van der Waals surface area contributed by atoms with Gasteiger partial charge in [0.2, 0.25) is 5.91 Å². The molecule has 0 radical (unpaired) electrons. The first-order valence-electron chi connectivity index (χ1n) is 8.65. The van der Waals surface area contributed by atoms with Crippen molar-refractivity contribution in [1.82, 2.24) is 19.7 Å². The summed E-state index contributed by atoms with van der Waals surface area (Å²) in [4.78, 5) is 17.1. The Morgan fingerprint density at radius 1 is 1.38 bits per heavy atom. The molecule has 1 atom stereocenters. The van der Waals surface area contributed by atoms with Crippen LogP contribution in [0.25, 0.3) is 11.1 Å². The summed E-state index contributed by atoms with van der Waals surface area (Å²) in [6.45, 7) is 4.61. The van der Waals surface area contributed by atoms with E-state index in [4.69, 9.17) is 0 Å². The van der Waals surface area contributed by atoms with Crippen LogP contribution in [-0.2, 0) is 17.8 Å². The Morgan fingerprint density at radius 2 is 2.23 bits per heavy atom. The summed E-state index contributed by atoms with van der Waals surface area (Å²) in [5.74, 6) is 0.898. The molecule has 3 aromatic rings. The number of H-pyrrole nitrogens is 1. The number of fused-ring (bicyclic) bond motifs is 1. The molecule has 0 spiro atoms. The largest absolute Gasteiger partial charge is 0.332 e. The summed E-state index contributed by atoms with van der Waals surface area (Å²) in [5, 5.41) is 10.0. The van der Waals surface area contributed by atoms with Gasteiger partial charge in [-0.05, 0) is 38.0 Å². The molecule has 26 heavy (non-hydrogen) atoms. The number of carbonyl (C=O) groups is 1. The van der Waals surface area contributed by atoms with Gasteiger partial charge in [-0.25, -0.2) is 9.37 Å². The average Bonchev–Trinajstić information content (AvgIpc) is 3.17. The zero-order chi connectivity index (χ0) is 18.3. The van der Waals surface area contributed by atoms with Gasteiger partial charge in [0.15, 0.2) is 5.82 Å². The summed E-state index contributed by atoms with van der Waals surface area (Å²) in [5.41, 5.74) is 3.26. The van der Waals surface area contributed by atoms with Gasteiger partial charge < -0.3 is 9.88 Å². The lowest BCUT2D eigenvalue weighted by Crippen LogP contribution is -2.30. The Labute approximate surface area is 150 Å². The highest BCUT2D eigenvalue weighted by Gasteiger charge is 2.27. The van der Waals surface area contributed by atoms with Crippen LogP contribution in [0.1, 0.15) is 23.6 Å². The van der Waals surface area contributed by atoms with E-state index in [1.165, 1.54) is 12.1 Å². The molecule has 0 aliphatic carbocycles. The summed E-state index contributed by atoms with van der Waals surface area (Å²) >= 11 is 0. The number of rotatable bonds is 3. The molecular formula is C19H20FN5O. The SMILES string of the molecule is Cc1[nH]nc(NC(=O)C2CCn3c(cnc3C)C2)c1-c1cccc(F)c1. The second-order valence-electron chi connectivity index (χ2n) is 6.71. The van der Waals surface area contributed by atoms with E-state index in [0.29, 0.717) is 17.8 Å². The van der Waals surface area contributed by atoms with Gasteiger partial charge in [-0.2, -0.15) is 5.10 Å². The Bertz CT molecular complexity index is 974. The maximum Gasteiger partial charge on any atom is 0.229 e. The summed E-state index contributed by atoms with van der Waals surface area (Å²) in [6.07, 6.45) is 3.26. The first-order chi connectivity index (χ1) is 12.5. The van der Waals surface area contributed by atoms with Crippen molar-refractivity contribution in [3.05, 3.63) is 53.5 Å². The fourth-order valence-corrected chi connectivity index (χ4v) is 3.58. The molecule has 1 aliphatic rings. The number of aromatic amines is 1. The molecule has 1 aromatic carbocycles. The first kappa shape index (κ1) is 16.5. The number of nitrogens with one attached hydrogen (secondary N) is 2. The third kappa shape index (κ3) is 2.89. The second-order valence-corrected chi connectivity index (χ2v) is 6.71. The van der Waals surface area contributed by atoms with Crippen molar-refractivity contribution in [2.45, 2.75) is 33.2 Å². The maximum absolute atomic E-state index is 13.6. The maximum atomic E-state index is 13.6. The molecule has 2 N–H and O–H groups in total. The van der Waals surface area contributed by atoms with Crippen LogP contribution >= 0.6 is 0 Å². The zero-order valence-electron chi connectivity index (χ0n) is 14.7. The van der Waals surface area contributed by atoms with Gasteiger partial charge in [-0.3, -0.25) is 9.89 Å². The number of amides is 1. The highest BCUT2D eigenvalue weighted by Crippen LogP contribution is 2.31. The van der Waals surface area contributed by atoms with Crippen molar-refractivity contribution < 1.29 is 9.18 Å². The van der Waals surface area contributed by atoms with Gasteiger partial charge in [-0.15, -0.1) is 0 Å². The monoisotopic (exact) mass is 353 g/mol. The normalized spacial score (nSPS) is 16.3. The van der Waals surface area contributed by atoms with Crippen LogP contribution in [0.5, 0.6) is 0 Å². The summed E-state index contributed by atoms with van der Waals surface area (Å²) in [7, 11) is 0. The molecule has 1 aliphatic heterocycles. The zero-order valence-corrected chi connectivity index (χ0v) is 14.7. The van der Waals surface area contributed by atoms with Crippen molar-refractivity contribution in [2.24, 2.45) is 5.92 Å². The van der Waals surface area contributed by atoms with Crippen LogP contribution in [-0.4, -0.2) is 25.7 Å². The molecule has 4 rings (SSSR count). The molecule has 2 aromatic heterocycles. The van der Waals surface area contributed by atoms with Gasteiger partial charge in [0.1, 0.15) is 11.6 Å². The molecule has 7 heteroatoms. The van der Waals surface area contributed by atoms with Gasteiger partial charge in [0.05, 0.1) is 0 Å². The number of anilines is 1. The Morgan fingerprint density at radius 3 is 3.04 bits per heavy atom. The van der Waals surface area contributed by atoms with Crippen LogP contribution in [0.4, 0.5) is 10.2 Å². The van der Waals surface area contributed by atoms with Gasteiger partial charge in [0.25, 0.3) is 0 Å². The lowest BCUT2D eigenvalue weighted by atomic mass is 9.95. The highest BCUT2D eigenvalue weighted by atomic mass is 19.1. The number of halogens is 1. The second kappa shape index (κ2) is 6.40. The van der Waals surface area contributed by atoms with Crippen LogP contribution in [0.2, 0.25) is 0 Å². The number of benzene rings is 1. The van der Waals surface area contributed by atoms with E-state index in [2.05, 4.69) is 25.1 Å². The standard InChI is InChI=1S/C19H20FN5O/c1-11-17(13-4-3-5-15(20)8-13)18(24-23-11)22-19(26)14-6-7-25-12(2)21-10-16(25)9-14/h3-5,8,10,14H,6-7,9H2,1-2H3,(H2,22,23,24,26). The van der Waals surface area contributed by atoms with E-state index < -0.39 is 0 Å². The minimum atomic E-state index is -0.323. The van der Waals surface area contributed by atoms with Crippen molar-refractivity contribution >= 4 is 11.7 Å². The van der Waals surface area contributed by atoms with Crippen LogP contribution in [0.3, 0.4) is 0 Å². The Kier molecular flexibility index (Phi) is 4.06. The van der Waals surface area contributed by atoms with Gasteiger partial charge in [-0.1, -0.05) is 12.1 Å². The summed E-state index contributed by atoms with van der Waals surface area (Å²) < 4.78 is 15.7. The Hall–Kier alpha value is -2.96. The predicted octanol–water partition coefficient (Wildman–Crippen LogP) is 3.23. The minimum Gasteiger partial charge on any atom is -0.332 e. The first-order valence-corrected chi connectivity index (χ1v) is 8.65.